The Kier molecular flexibility index (Phi) is 4.18. The first-order chi connectivity index (χ1) is 10.2. The van der Waals surface area contributed by atoms with Gasteiger partial charge >= 0.3 is 11.9 Å². The van der Waals surface area contributed by atoms with Crippen LogP contribution >= 0.6 is 11.6 Å². The van der Waals surface area contributed by atoms with E-state index in [1.165, 1.54) is 19.9 Å². The number of ether oxygens (including phenoxy) is 2. The Bertz CT molecular complexity index is 676. The van der Waals surface area contributed by atoms with Gasteiger partial charge in [-0.2, -0.15) is 0 Å². The lowest BCUT2D eigenvalue weighted by molar-refractivity contribution is -0.222. The summed E-state index contributed by atoms with van der Waals surface area (Å²) in [4.78, 5) is 34.4. The van der Waals surface area contributed by atoms with Crippen LogP contribution in [0.2, 0.25) is 0 Å². The number of cyclic esters (lactones) is 2. The van der Waals surface area contributed by atoms with E-state index in [9.17, 15) is 18.8 Å². The molecule has 0 amide bonds. The van der Waals surface area contributed by atoms with E-state index in [1.807, 2.05) is 0 Å². The minimum Gasteiger partial charge on any atom is -0.419 e. The summed E-state index contributed by atoms with van der Waals surface area (Å²) in [5.74, 6) is -3.83. The molecule has 1 aliphatic rings. The van der Waals surface area contributed by atoms with Gasteiger partial charge < -0.3 is 14.8 Å². The fraction of sp³-hybridized carbons (Fsp3) is 0.214. The number of esters is 2. The van der Waals surface area contributed by atoms with Crippen molar-refractivity contribution in [2.24, 2.45) is 0 Å². The lowest BCUT2D eigenvalue weighted by atomic mass is 10.2. The Morgan fingerprint density at radius 3 is 2.41 bits per heavy atom. The molecule has 1 heterocycles. The van der Waals surface area contributed by atoms with Crippen molar-refractivity contribution in [3.05, 3.63) is 41.4 Å². The molecule has 0 saturated carbocycles. The first-order valence-electron chi connectivity index (χ1n) is 6.12. The van der Waals surface area contributed by atoms with Gasteiger partial charge in [0.1, 0.15) is 5.82 Å². The molecule has 1 saturated heterocycles. The summed E-state index contributed by atoms with van der Waals surface area (Å²) >= 11 is 5.24. The highest BCUT2D eigenvalue weighted by Gasteiger charge is 2.38. The molecule has 6 nitrogen and oxygen atoms in total. The van der Waals surface area contributed by atoms with Crippen molar-refractivity contribution >= 4 is 34.5 Å². The summed E-state index contributed by atoms with van der Waals surface area (Å²) in [5, 5.41) is 1.62. The van der Waals surface area contributed by atoms with Crippen LogP contribution in [0, 0.1) is 5.82 Å². The Balaban J connectivity index is 2.22. The van der Waals surface area contributed by atoms with Gasteiger partial charge in [0.25, 0.3) is 11.0 Å². The summed E-state index contributed by atoms with van der Waals surface area (Å²) in [6.45, 7) is 2.84. The molecule has 22 heavy (non-hydrogen) atoms. The number of carbonyl (C=O) groups excluding carboxylic acids is 3. The molecule has 0 bridgehead atoms. The lowest BCUT2D eigenvalue weighted by Gasteiger charge is -2.29. The van der Waals surface area contributed by atoms with Crippen LogP contribution in [0.3, 0.4) is 0 Å². The van der Waals surface area contributed by atoms with Gasteiger partial charge in [0.2, 0.25) is 0 Å². The van der Waals surface area contributed by atoms with Crippen molar-refractivity contribution in [3.63, 3.8) is 0 Å². The van der Waals surface area contributed by atoms with E-state index < -0.39 is 28.8 Å². The highest BCUT2D eigenvalue weighted by atomic mass is 35.5. The molecule has 1 N–H and O–H groups in total. The Labute approximate surface area is 129 Å². The molecule has 1 fully saturated rings. The van der Waals surface area contributed by atoms with Gasteiger partial charge in [-0.3, -0.25) is 4.79 Å². The smallest absolute Gasteiger partial charge is 0.350 e. The minimum atomic E-state index is -1.33. The maximum Gasteiger partial charge on any atom is 0.350 e. The molecule has 1 aromatic rings. The van der Waals surface area contributed by atoms with E-state index in [2.05, 4.69) is 5.32 Å². The van der Waals surface area contributed by atoms with Crippen LogP contribution in [0.1, 0.15) is 24.2 Å². The molecule has 1 aromatic carbocycles. The third-order valence-electron chi connectivity index (χ3n) is 2.68. The number of anilines is 1. The SMILES string of the molecule is CC1(C)OC(=O)C(=CNc2ccc(F)c(C(=O)Cl)c2)C(=O)O1. The zero-order valence-electron chi connectivity index (χ0n) is 11.6. The second-order valence-corrected chi connectivity index (χ2v) is 5.19. The Morgan fingerprint density at radius 1 is 1.27 bits per heavy atom. The standard InChI is InChI=1S/C14H11ClFNO5/c1-14(2)21-12(19)9(13(20)22-14)6-17-7-3-4-10(16)8(5-7)11(15)18/h3-6,17H,1-2H3. The number of nitrogens with one attached hydrogen (secondary N) is 1. The van der Waals surface area contributed by atoms with Crippen molar-refractivity contribution in [1.82, 2.24) is 0 Å². The molecule has 0 spiro atoms. The first-order valence-corrected chi connectivity index (χ1v) is 6.50. The summed E-state index contributed by atoms with van der Waals surface area (Å²) in [6.07, 6.45) is 1.05. The highest BCUT2D eigenvalue weighted by Crippen LogP contribution is 2.23. The molecular formula is C14H11ClFNO5. The molecule has 0 radical (unpaired) electrons. The van der Waals surface area contributed by atoms with Crippen LogP contribution in [0.15, 0.2) is 30.0 Å². The van der Waals surface area contributed by atoms with E-state index >= 15 is 0 Å². The second kappa shape index (κ2) is 5.76. The van der Waals surface area contributed by atoms with Crippen molar-refractivity contribution < 1.29 is 28.2 Å². The lowest BCUT2D eigenvalue weighted by Crippen LogP contribution is -2.42. The summed E-state index contributed by atoms with van der Waals surface area (Å²) in [7, 11) is 0. The van der Waals surface area contributed by atoms with Gasteiger partial charge in [0.05, 0.1) is 5.56 Å². The maximum absolute atomic E-state index is 13.3. The average molecular weight is 328 g/mol. The molecule has 1 aliphatic heterocycles. The van der Waals surface area contributed by atoms with E-state index in [1.54, 1.807) is 0 Å². The summed E-state index contributed by atoms with van der Waals surface area (Å²) < 4.78 is 23.1. The van der Waals surface area contributed by atoms with Gasteiger partial charge in [0.15, 0.2) is 5.57 Å². The largest absolute Gasteiger partial charge is 0.419 e. The van der Waals surface area contributed by atoms with Gasteiger partial charge in [-0.15, -0.1) is 0 Å². The number of halogens is 2. The van der Waals surface area contributed by atoms with Crippen LogP contribution in [0.5, 0.6) is 0 Å². The third kappa shape index (κ3) is 3.43. The molecule has 0 unspecified atom stereocenters. The number of hydrogen-bond acceptors (Lipinski definition) is 6. The van der Waals surface area contributed by atoms with Gasteiger partial charge in [-0.25, -0.2) is 14.0 Å². The zero-order chi connectivity index (χ0) is 16.5. The Hall–Kier alpha value is -2.41. The van der Waals surface area contributed by atoms with E-state index in [0.29, 0.717) is 0 Å². The predicted octanol–water partition coefficient (Wildman–Crippen LogP) is 2.34. The number of rotatable bonds is 3. The number of carbonyl (C=O) groups is 3. The number of hydrogen-bond donors (Lipinski definition) is 1. The molecule has 8 heteroatoms. The van der Waals surface area contributed by atoms with Crippen molar-refractivity contribution in [2.75, 3.05) is 5.32 Å². The van der Waals surface area contributed by atoms with E-state index in [4.69, 9.17) is 21.1 Å². The minimum absolute atomic E-state index is 0.253. The predicted molar refractivity (Wildman–Crippen MR) is 74.6 cm³/mol. The maximum atomic E-state index is 13.3. The summed E-state index contributed by atoms with van der Waals surface area (Å²) in [5.41, 5.74) is -0.439. The molecule has 0 atom stereocenters. The summed E-state index contributed by atoms with van der Waals surface area (Å²) in [6, 6.07) is 3.47. The van der Waals surface area contributed by atoms with E-state index in [0.717, 1.165) is 18.3 Å². The average Bonchev–Trinajstić information content (AvgIpc) is 2.37. The fourth-order valence-corrected chi connectivity index (χ4v) is 1.84. The molecule has 2 rings (SSSR count). The van der Waals surface area contributed by atoms with Gasteiger partial charge in [0, 0.05) is 25.7 Å². The van der Waals surface area contributed by atoms with Crippen LogP contribution in [0.25, 0.3) is 0 Å². The van der Waals surface area contributed by atoms with Crippen LogP contribution in [0.4, 0.5) is 10.1 Å². The molecular weight excluding hydrogens is 317 g/mol. The van der Waals surface area contributed by atoms with Crippen molar-refractivity contribution in [2.45, 2.75) is 19.6 Å². The highest BCUT2D eigenvalue weighted by molar-refractivity contribution is 6.67. The normalized spacial score (nSPS) is 16.6. The van der Waals surface area contributed by atoms with Crippen molar-refractivity contribution in [1.29, 1.82) is 0 Å². The molecule has 116 valence electrons. The van der Waals surface area contributed by atoms with Crippen LogP contribution in [-0.2, 0) is 19.1 Å². The molecule has 0 aromatic heterocycles. The monoisotopic (exact) mass is 327 g/mol. The zero-order valence-corrected chi connectivity index (χ0v) is 12.4. The van der Waals surface area contributed by atoms with Crippen LogP contribution in [-0.4, -0.2) is 23.0 Å². The van der Waals surface area contributed by atoms with Gasteiger partial charge in [-0.1, -0.05) is 0 Å². The second-order valence-electron chi connectivity index (χ2n) is 4.85. The first kappa shape index (κ1) is 16.0. The fourth-order valence-electron chi connectivity index (χ4n) is 1.70. The molecule has 0 aliphatic carbocycles. The van der Waals surface area contributed by atoms with E-state index in [-0.39, 0.29) is 16.8 Å². The van der Waals surface area contributed by atoms with Crippen LogP contribution < -0.4 is 5.32 Å². The number of benzene rings is 1. The van der Waals surface area contributed by atoms with Gasteiger partial charge in [-0.05, 0) is 29.8 Å². The quantitative estimate of drug-likeness (QED) is 0.397. The topological polar surface area (TPSA) is 81.7 Å². The van der Waals surface area contributed by atoms with Crippen molar-refractivity contribution in [3.8, 4) is 0 Å². The Morgan fingerprint density at radius 2 is 1.86 bits per heavy atom. The third-order valence-corrected chi connectivity index (χ3v) is 2.88.